The fraction of sp³-hybridized carbons (Fsp3) is 0.368. The van der Waals surface area contributed by atoms with E-state index in [1.165, 1.54) is 0 Å². The van der Waals surface area contributed by atoms with E-state index in [9.17, 15) is 4.79 Å². The Morgan fingerprint density at radius 3 is 2.92 bits per heavy atom. The standard InChI is InChI=1S/C19H21N5OS/c1-13-22-16(8-18(25)23-13)15-4-2-6-24(12-15)11-14-9-20-19(21-10-14)17-5-3-7-26-17/h3,5,7-10,15H,2,4,6,11-12H2,1H3,(H,22,23,25)/t15-/m1/s1. The van der Waals surface area contributed by atoms with Gasteiger partial charge >= 0.3 is 0 Å². The molecule has 1 aliphatic heterocycles. The lowest BCUT2D eigenvalue weighted by atomic mass is 9.94. The topological polar surface area (TPSA) is 74.8 Å². The van der Waals surface area contributed by atoms with Crippen LogP contribution in [0.3, 0.4) is 0 Å². The number of rotatable bonds is 4. The maximum absolute atomic E-state index is 11.7. The average molecular weight is 367 g/mol. The minimum absolute atomic E-state index is 0.0674. The van der Waals surface area contributed by atoms with Crippen LogP contribution in [-0.4, -0.2) is 37.9 Å². The molecule has 0 spiro atoms. The molecule has 0 bridgehead atoms. The van der Waals surface area contributed by atoms with E-state index >= 15 is 0 Å². The molecule has 134 valence electrons. The second kappa shape index (κ2) is 7.47. The molecule has 1 N–H and O–H groups in total. The van der Waals surface area contributed by atoms with E-state index in [1.54, 1.807) is 17.4 Å². The monoisotopic (exact) mass is 367 g/mol. The summed E-state index contributed by atoms with van der Waals surface area (Å²) in [5.74, 6) is 1.77. The van der Waals surface area contributed by atoms with E-state index < -0.39 is 0 Å². The molecular formula is C19H21N5OS. The molecule has 6 nitrogen and oxygen atoms in total. The van der Waals surface area contributed by atoms with Gasteiger partial charge in [-0.3, -0.25) is 9.69 Å². The summed E-state index contributed by atoms with van der Waals surface area (Å²) in [6.45, 7) is 4.61. The van der Waals surface area contributed by atoms with Gasteiger partial charge in [-0.15, -0.1) is 11.3 Å². The second-order valence-corrected chi connectivity index (χ2v) is 7.67. The first-order valence-corrected chi connectivity index (χ1v) is 9.70. The molecule has 0 aromatic carbocycles. The number of nitrogens with zero attached hydrogens (tertiary/aromatic N) is 4. The summed E-state index contributed by atoms with van der Waals surface area (Å²) < 4.78 is 0. The van der Waals surface area contributed by atoms with Crippen molar-refractivity contribution in [2.45, 2.75) is 32.2 Å². The number of likely N-dealkylation sites (tertiary alicyclic amines) is 1. The lowest BCUT2D eigenvalue weighted by Gasteiger charge is -2.32. The van der Waals surface area contributed by atoms with Crippen molar-refractivity contribution in [3.8, 4) is 10.7 Å². The van der Waals surface area contributed by atoms with Crippen LogP contribution in [0, 0.1) is 6.92 Å². The van der Waals surface area contributed by atoms with Crippen molar-refractivity contribution in [2.24, 2.45) is 0 Å². The Hall–Kier alpha value is -2.38. The fourth-order valence-electron chi connectivity index (χ4n) is 3.48. The van der Waals surface area contributed by atoms with Gasteiger partial charge in [-0.2, -0.15) is 0 Å². The van der Waals surface area contributed by atoms with Crippen LogP contribution in [0.2, 0.25) is 0 Å². The molecule has 0 aliphatic carbocycles. The molecular weight excluding hydrogens is 346 g/mol. The van der Waals surface area contributed by atoms with Crippen LogP contribution in [0.25, 0.3) is 10.7 Å². The van der Waals surface area contributed by atoms with Gasteiger partial charge in [-0.25, -0.2) is 15.0 Å². The molecule has 0 saturated carbocycles. The summed E-state index contributed by atoms with van der Waals surface area (Å²) in [6, 6.07) is 5.68. The Kier molecular flexibility index (Phi) is 4.90. The number of aromatic nitrogens is 4. The predicted molar refractivity (Wildman–Crippen MR) is 102 cm³/mol. The first kappa shape index (κ1) is 17.1. The summed E-state index contributed by atoms with van der Waals surface area (Å²) in [4.78, 5) is 31.5. The number of nitrogens with one attached hydrogen (secondary N) is 1. The van der Waals surface area contributed by atoms with Crippen LogP contribution in [0.4, 0.5) is 0 Å². The van der Waals surface area contributed by atoms with Gasteiger partial charge in [0, 0.05) is 43.0 Å². The molecule has 1 saturated heterocycles. The molecule has 4 rings (SSSR count). The van der Waals surface area contributed by atoms with Crippen molar-refractivity contribution in [2.75, 3.05) is 13.1 Å². The van der Waals surface area contributed by atoms with Crippen molar-refractivity contribution in [1.29, 1.82) is 0 Å². The Balaban J connectivity index is 1.44. The highest BCUT2D eigenvalue weighted by atomic mass is 32.1. The van der Waals surface area contributed by atoms with Crippen LogP contribution in [0.15, 0.2) is 40.8 Å². The Morgan fingerprint density at radius 2 is 2.19 bits per heavy atom. The minimum Gasteiger partial charge on any atom is -0.311 e. The van der Waals surface area contributed by atoms with Gasteiger partial charge in [0.1, 0.15) is 5.82 Å². The Morgan fingerprint density at radius 1 is 1.35 bits per heavy atom. The highest BCUT2D eigenvalue weighted by Crippen LogP contribution is 2.26. The predicted octanol–water partition coefficient (Wildman–Crippen LogP) is 2.98. The summed E-state index contributed by atoms with van der Waals surface area (Å²) in [5, 5.41) is 2.03. The van der Waals surface area contributed by atoms with Crippen molar-refractivity contribution in [3.05, 3.63) is 63.4 Å². The summed E-state index contributed by atoms with van der Waals surface area (Å²) in [7, 11) is 0. The zero-order chi connectivity index (χ0) is 17.9. The summed E-state index contributed by atoms with van der Waals surface area (Å²) in [6.07, 6.45) is 6.01. The molecule has 1 aliphatic rings. The van der Waals surface area contributed by atoms with E-state index in [1.807, 2.05) is 36.8 Å². The molecule has 0 radical (unpaired) electrons. The average Bonchev–Trinajstić information content (AvgIpc) is 3.16. The van der Waals surface area contributed by atoms with Crippen LogP contribution < -0.4 is 5.56 Å². The van der Waals surface area contributed by atoms with E-state index in [0.717, 1.165) is 54.4 Å². The van der Waals surface area contributed by atoms with Gasteiger partial charge in [-0.1, -0.05) is 6.07 Å². The van der Waals surface area contributed by atoms with Gasteiger partial charge in [-0.05, 0) is 37.8 Å². The van der Waals surface area contributed by atoms with E-state index in [-0.39, 0.29) is 5.56 Å². The van der Waals surface area contributed by atoms with Crippen LogP contribution in [-0.2, 0) is 6.54 Å². The maximum Gasteiger partial charge on any atom is 0.251 e. The maximum atomic E-state index is 11.7. The molecule has 0 amide bonds. The largest absolute Gasteiger partial charge is 0.311 e. The SMILES string of the molecule is Cc1nc([C@@H]2CCCN(Cc3cnc(-c4cccs4)nc3)C2)cc(=O)[nH]1. The van der Waals surface area contributed by atoms with Gasteiger partial charge in [0.2, 0.25) is 0 Å². The molecule has 3 aromatic heterocycles. The van der Waals surface area contributed by atoms with Crippen molar-refractivity contribution in [1.82, 2.24) is 24.8 Å². The number of hydrogen-bond acceptors (Lipinski definition) is 6. The third kappa shape index (κ3) is 3.89. The molecule has 7 heteroatoms. The number of thiophene rings is 1. The lowest BCUT2D eigenvalue weighted by molar-refractivity contribution is 0.198. The zero-order valence-corrected chi connectivity index (χ0v) is 15.5. The quantitative estimate of drug-likeness (QED) is 0.767. The molecule has 1 atom stereocenters. The summed E-state index contributed by atoms with van der Waals surface area (Å²) in [5.41, 5.74) is 1.95. The van der Waals surface area contributed by atoms with Gasteiger partial charge in [0.05, 0.1) is 10.6 Å². The number of piperidine rings is 1. The Bertz CT molecular complexity index is 920. The normalized spacial score (nSPS) is 18.1. The third-order valence-electron chi connectivity index (χ3n) is 4.66. The second-order valence-electron chi connectivity index (χ2n) is 6.72. The molecule has 0 unspecified atom stereocenters. The van der Waals surface area contributed by atoms with Gasteiger partial charge in [0.15, 0.2) is 5.82 Å². The van der Waals surface area contributed by atoms with Crippen molar-refractivity contribution >= 4 is 11.3 Å². The fourth-order valence-corrected chi connectivity index (χ4v) is 4.15. The van der Waals surface area contributed by atoms with Crippen LogP contribution in [0.5, 0.6) is 0 Å². The number of aromatic amines is 1. The molecule has 1 fully saturated rings. The number of aryl methyl sites for hydroxylation is 1. The number of hydrogen-bond donors (Lipinski definition) is 1. The van der Waals surface area contributed by atoms with Gasteiger partial charge < -0.3 is 4.98 Å². The molecule has 3 aromatic rings. The highest BCUT2D eigenvalue weighted by molar-refractivity contribution is 7.13. The summed E-state index contributed by atoms with van der Waals surface area (Å²) >= 11 is 1.65. The first-order chi connectivity index (χ1) is 12.7. The Labute approximate surface area is 156 Å². The lowest BCUT2D eigenvalue weighted by Crippen LogP contribution is -2.34. The van der Waals surface area contributed by atoms with Gasteiger partial charge in [0.25, 0.3) is 5.56 Å². The minimum atomic E-state index is -0.0674. The molecule has 26 heavy (non-hydrogen) atoms. The van der Waals surface area contributed by atoms with Crippen LogP contribution >= 0.6 is 11.3 Å². The zero-order valence-electron chi connectivity index (χ0n) is 14.7. The van der Waals surface area contributed by atoms with Crippen LogP contribution in [0.1, 0.15) is 35.8 Å². The third-order valence-corrected chi connectivity index (χ3v) is 5.52. The van der Waals surface area contributed by atoms with E-state index in [0.29, 0.717) is 11.7 Å². The van der Waals surface area contributed by atoms with E-state index in [4.69, 9.17) is 0 Å². The smallest absolute Gasteiger partial charge is 0.251 e. The van der Waals surface area contributed by atoms with Crippen molar-refractivity contribution < 1.29 is 0 Å². The first-order valence-electron chi connectivity index (χ1n) is 8.82. The van der Waals surface area contributed by atoms with E-state index in [2.05, 4.69) is 24.8 Å². The number of H-pyrrole nitrogens is 1. The molecule has 4 heterocycles. The van der Waals surface area contributed by atoms with Crippen molar-refractivity contribution in [3.63, 3.8) is 0 Å². The highest BCUT2D eigenvalue weighted by Gasteiger charge is 2.23.